The maximum Gasteiger partial charge on any atom is 0.0194 e. The van der Waals surface area contributed by atoms with Gasteiger partial charge >= 0.3 is 0 Å². The van der Waals surface area contributed by atoms with Gasteiger partial charge in [-0.1, -0.05) is 22.9 Å². The van der Waals surface area contributed by atoms with Crippen LogP contribution in [-0.2, 0) is 0 Å². The van der Waals surface area contributed by atoms with Crippen LogP contribution in [0.25, 0.3) is 0 Å². The first kappa shape index (κ1) is 13.4. The highest BCUT2D eigenvalue weighted by molar-refractivity contribution is 9.10. The molecule has 0 spiro atoms. The summed E-state index contributed by atoms with van der Waals surface area (Å²) in [7, 11) is 0. The zero-order valence-corrected chi connectivity index (χ0v) is 12.6. The normalized spacial score (nSPS) is 19.2. The van der Waals surface area contributed by atoms with Crippen molar-refractivity contribution in [2.45, 2.75) is 17.1 Å². The molecule has 2 rings (SSSR count). The molecule has 0 amide bonds. The Morgan fingerprint density at radius 3 is 2.59 bits per heavy atom. The van der Waals surface area contributed by atoms with Crippen LogP contribution in [0.4, 0.5) is 0 Å². The zero-order chi connectivity index (χ0) is 12.1. The maximum atomic E-state index is 3.47. The first-order chi connectivity index (χ1) is 8.24. The lowest BCUT2D eigenvalue weighted by molar-refractivity contribution is 0.244. The predicted molar refractivity (Wildman–Crippen MR) is 78.8 cm³/mol. The Kier molecular flexibility index (Phi) is 5.35. The predicted octanol–water partition coefficient (Wildman–Crippen LogP) is 2.83. The van der Waals surface area contributed by atoms with Crippen molar-refractivity contribution < 1.29 is 0 Å². The van der Waals surface area contributed by atoms with E-state index in [1.165, 1.54) is 24.5 Å². The van der Waals surface area contributed by atoms with Crippen LogP contribution in [0.15, 0.2) is 33.6 Å². The molecule has 1 saturated heterocycles. The number of rotatable bonds is 4. The molecule has 94 valence electrons. The molecule has 1 aromatic rings. The van der Waals surface area contributed by atoms with E-state index in [0.717, 1.165) is 17.6 Å². The third-order valence-electron chi connectivity index (χ3n) is 2.88. The zero-order valence-electron chi connectivity index (χ0n) is 10.2. The van der Waals surface area contributed by atoms with Crippen LogP contribution in [0.1, 0.15) is 6.92 Å². The molecule has 0 radical (unpaired) electrons. The van der Waals surface area contributed by atoms with Crippen LogP contribution in [0, 0.1) is 0 Å². The van der Waals surface area contributed by atoms with Gasteiger partial charge in [0, 0.05) is 47.3 Å². The Hall–Kier alpha value is -0.0300. The summed E-state index contributed by atoms with van der Waals surface area (Å²) >= 11 is 5.43. The van der Waals surface area contributed by atoms with E-state index >= 15 is 0 Å². The first-order valence-electron chi connectivity index (χ1n) is 6.09. The fourth-order valence-corrected chi connectivity index (χ4v) is 3.35. The average molecular weight is 315 g/mol. The van der Waals surface area contributed by atoms with Gasteiger partial charge < -0.3 is 5.32 Å². The number of hydrogen-bond donors (Lipinski definition) is 1. The summed E-state index contributed by atoms with van der Waals surface area (Å²) < 4.78 is 1.15. The highest BCUT2D eigenvalue weighted by Gasteiger charge is 2.13. The number of benzene rings is 1. The van der Waals surface area contributed by atoms with Gasteiger partial charge in [-0.25, -0.2) is 0 Å². The van der Waals surface area contributed by atoms with Gasteiger partial charge in [0.15, 0.2) is 0 Å². The summed E-state index contributed by atoms with van der Waals surface area (Å²) in [5.41, 5.74) is 0. The SMILES string of the molecule is CC(CN1CCNCC1)Sc1ccc(Br)cc1. The third-order valence-corrected chi connectivity index (χ3v) is 4.50. The molecule has 1 aromatic carbocycles. The second-order valence-corrected chi connectivity index (χ2v) is 6.86. The largest absolute Gasteiger partial charge is 0.314 e. The molecule has 0 bridgehead atoms. The minimum absolute atomic E-state index is 0.647. The van der Waals surface area contributed by atoms with Gasteiger partial charge in [-0.15, -0.1) is 11.8 Å². The number of piperazine rings is 1. The van der Waals surface area contributed by atoms with Gasteiger partial charge in [0.2, 0.25) is 0 Å². The number of thioether (sulfide) groups is 1. The summed E-state index contributed by atoms with van der Waals surface area (Å²) in [5, 5.41) is 4.04. The quantitative estimate of drug-likeness (QED) is 0.860. The average Bonchev–Trinajstić information content (AvgIpc) is 2.33. The second kappa shape index (κ2) is 6.78. The van der Waals surface area contributed by atoms with Crippen molar-refractivity contribution in [2.24, 2.45) is 0 Å². The Balaban J connectivity index is 1.79. The fraction of sp³-hybridized carbons (Fsp3) is 0.538. The van der Waals surface area contributed by atoms with E-state index < -0.39 is 0 Å². The lowest BCUT2D eigenvalue weighted by atomic mass is 10.3. The standard InChI is InChI=1S/C13H19BrN2S/c1-11(10-16-8-6-15-7-9-16)17-13-4-2-12(14)3-5-13/h2-5,11,15H,6-10H2,1H3. The van der Waals surface area contributed by atoms with Crippen molar-refractivity contribution in [2.75, 3.05) is 32.7 Å². The number of halogens is 1. The van der Waals surface area contributed by atoms with Crippen molar-refractivity contribution in [3.8, 4) is 0 Å². The Morgan fingerprint density at radius 1 is 1.29 bits per heavy atom. The molecule has 1 atom stereocenters. The molecule has 2 nitrogen and oxygen atoms in total. The van der Waals surface area contributed by atoms with Crippen LogP contribution in [0.2, 0.25) is 0 Å². The number of hydrogen-bond acceptors (Lipinski definition) is 3. The van der Waals surface area contributed by atoms with Gasteiger partial charge in [-0.3, -0.25) is 4.90 Å². The molecule has 1 N–H and O–H groups in total. The highest BCUT2D eigenvalue weighted by Crippen LogP contribution is 2.25. The Bertz CT molecular complexity index is 336. The lowest BCUT2D eigenvalue weighted by Crippen LogP contribution is -2.45. The topological polar surface area (TPSA) is 15.3 Å². The van der Waals surface area contributed by atoms with E-state index in [1.807, 2.05) is 11.8 Å². The lowest BCUT2D eigenvalue weighted by Gasteiger charge is -2.29. The van der Waals surface area contributed by atoms with Gasteiger partial charge in [0.25, 0.3) is 0 Å². The molecule has 0 aliphatic carbocycles. The van der Waals surface area contributed by atoms with Crippen LogP contribution in [0.3, 0.4) is 0 Å². The van der Waals surface area contributed by atoms with E-state index in [4.69, 9.17) is 0 Å². The van der Waals surface area contributed by atoms with Gasteiger partial charge in [-0.2, -0.15) is 0 Å². The minimum atomic E-state index is 0.647. The van der Waals surface area contributed by atoms with E-state index in [-0.39, 0.29) is 0 Å². The molecular formula is C13H19BrN2S. The van der Waals surface area contributed by atoms with E-state index in [9.17, 15) is 0 Å². The van der Waals surface area contributed by atoms with Crippen molar-refractivity contribution in [3.05, 3.63) is 28.7 Å². The molecule has 1 aliphatic heterocycles. The summed E-state index contributed by atoms with van der Waals surface area (Å²) in [6.45, 7) is 8.14. The fourth-order valence-electron chi connectivity index (χ4n) is 2.04. The highest BCUT2D eigenvalue weighted by atomic mass is 79.9. The molecule has 4 heteroatoms. The van der Waals surface area contributed by atoms with Crippen LogP contribution < -0.4 is 5.32 Å². The van der Waals surface area contributed by atoms with E-state index in [1.54, 1.807) is 0 Å². The summed E-state index contributed by atoms with van der Waals surface area (Å²) in [5.74, 6) is 0. The van der Waals surface area contributed by atoms with Gasteiger partial charge in [0.1, 0.15) is 0 Å². The van der Waals surface area contributed by atoms with Crippen LogP contribution in [-0.4, -0.2) is 42.9 Å². The molecule has 1 heterocycles. The Labute approximate surface area is 116 Å². The van der Waals surface area contributed by atoms with E-state index in [2.05, 4.69) is 57.3 Å². The molecule has 0 aromatic heterocycles. The minimum Gasteiger partial charge on any atom is -0.314 e. The summed E-state index contributed by atoms with van der Waals surface area (Å²) in [4.78, 5) is 3.91. The van der Waals surface area contributed by atoms with Crippen molar-refractivity contribution in [1.29, 1.82) is 0 Å². The molecule has 17 heavy (non-hydrogen) atoms. The maximum absolute atomic E-state index is 3.47. The smallest absolute Gasteiger partial charge is 0.0194 e. The molecule has 0 saturated carbocycles. The molecule has 1 fully saturated rings. The van der Waals surface area contributed by atoms with Crippen molar-refractivity contribution >= 4 is 27.7 Å². The number of nitrogens with zero attached hydrogens (tertiary/aromatic N) is 1. The van der Waals surface area contributed by atoms with Crippen molar-refractivity contribution in [3.63, 3.8) is 0 Å². The number of nitrogens with one attached hydrogen (secondary N) is 1. The molecule has 1 unspecified atom stereocenters. The first-order valence-corrected chi connectivity index (χ1v) is 7.76. The summed E-state index contributed by atoms with van der Waals surface area (Å²) in [6, 6.07) is 8.59. The monoisotopic (exact) mass is 314 g/mol. The second-order valence-electron chi connectivity index (χ2n) is 4.43. The molecular weight excluding hydrogens is 296 g/mol. The molecule has 1 aliphatic rings. The van der Waals surface area contributed by atoms with Gasteiger partial charge in [0.05, 0.1) is 0 Å². The van der Waals surface area contributed by atoms with Gasteiger partial charge in [-0.05, 0) is 24.3 Å². The van der Waals surface area contributed by atoms with E-state index in [0.29, 0.717) is 5.25 Å². The Morgan fingerprint density at radius 2 is 1.94 bits per heavy atom. The third kappa shape index (κ3) is 4.62. The summed E-state index contributed by atoms with van der Waals surface area (Å²) in [6.07, 6.45) is 0. The van der Waals surface area contributed by atoms with Crippen LogP contribution >= 0.6 is 27.7 Å². The van der Waals surface area contributed by atoms with Crippen molar-refractivity contribution in [1.82, 2.24) is 10.2 Å². The van der Waals surface area contributed by atoms with Crippen LogP contribution in [0.5, 0.6) is 0 Å².